The third kappa shape index (κ3) is 4.09. The monoisotopic (exact) mass is 425 g/mol. The average molecular weight is 426 g/mol. The molecule has 2 amide bonds. The molecule has 7 heteroatoms. The van der Waals surface area contributed by atoms with Crippen LogP contribution >= 0.6 is 11.6 Å². The van der Waals surface area contributed by atoms with Gasteiger partial charge in [-0.05, 0) is 55.4 Å². The molecule has 2 unspecified atom stereocenters. The molecule has 3 rings (SSSR count). The fourth-order valence-corrected chi connectivity index (χ4v) is 4.01. The fraction of sp³-hybridized carbons (Fsp3) is 0.261. The van der Waals surface area contributed by atoms with Gasteiger partial charge in [-0.15, -0.1) is 0 Å². The van der Waals surface area contributed by atoms with Gasteiger partial charge in [0.2, 0.25) is 11.7 Å². The smallest absolute Gasteiger partial charge is 0.299 e. The Morgan fingerprint density at radius 1 is 1.17 bits per heavy atom. The maximum Gasteiger partial charge on any atom is 0.299 e. The van der Waals surface area contributed by atoms with Crippen LogP contribution in [-0.4, -0.2) is 23.6 Å². The Morgan fingerprint density at radius 2 is 1.83 bits per heavy atom. The number of hydrogen-bond acceptors (Lipinski definition) is 4. The maximum atomic E-state index is 13.0. The molecule has 0 radical (unpaired) electrons. The van der Waals surface area contributed by atoms with Crippen LogP contribution in [-0.2, 0) is 14.4 Å². The van der Waals surface area contributed by atoms with E-state index < -0.39 is 11.7 Å². The molecule has 2 atom stereocenters. The summed E-state index contributed by atoms with van der Waals surface area (Å²) >= 11 is 6.04. The average Bonchev–Trinajstić information content (AvgIpc) is 2.75. The zero-order valence-corrected chi connectivity index (χ0v) is 17.7. The van der Waals surface area contributed by atoms with Gasteiger partial charge in [0, 0.05) is 34.9 Å². The van der Waals surface area contributed by atoms with Crippen molar-refractivity contribution in [3.8, 4) is 0 Å². The first-order valence-corrected chi connectivity index (χ1v) is 10.2. The molecule has 1 heterocycles. The number of para-hydroxylation sites is 1. The molecule has 0 fully saturated rings. The molecule has 6 nitrogen and oxygen atoms in total. The Morgan fingerprint density at radius 3 is 2.47 bits per heavy atom. The second kappa shape index (κ2) is 9.13. The summed E-state index contributed by atoms with van der Waals surface area (Å²) in [5, 5.41) is 0.586. The van der Waals surface area contributed by atoms with E-state index in [0.29, 0.717) is 23.6 Å². The first-order valence-electron chi connectivity index (χ1n) is 9.81. The van der Waals surface area contributed by atoms with Crippen LogP contribution in [0.1, 0.15) is 38.3 Å². The lowest BCUT2D eigenvalue weighted by Gasteiger charge is -2.43. The number of nitrogens with zero attached hydrogens (tertiary/aromatic N) is 2. The van der Waals surface area contributed by atoms with Crippen molar-refractivity contribution in [2.75, 3.05) is 9.80 Å². The van der Waals surface area contributed by atoms with Crippen molar-refractivity contribution in [2.24, 2.45) is 5.73 Å². The molecule has 0 spiro atoms. The predicted octanol–water partition coefficient (Wildman–Crippen LogP) is 3.99. The minimum Gasteiger partial charge on any atom is -0.404 e. The van der Waals surface area contributed by atoms with E-state index in [9.17, 15) is 14.4 Å². The Hall–Kier alpha value is -3.12. The molecule has 2 aromatic carbocycles. The summed E-state index contributed by atoms with van der Waals surface area (Å²) in [5.74, 6) is -1.36. The topological polar surface area (TPSA) is 83.7 Å². The highest BCUT2D eigenvalue weighted by Crippen LogP contribution is 2.42. The van der Waals surface area contributed by atoms with E-state index in [1.807, 2.05) is 44.2 Å². The summed E-state index contributed by atoms with van der Waals surface area (Å²) in [6.45, 7) is 3.69. The maximum absolute atomic E-state index is 13.0. The molecule has 0 saturated carbocycles. The SMILES string of the molecule is CCC(=O)N(c1ccc(Cl)cc1)C1CC(C)N(C(=O)C(=O)/C=C\N)c2ccccc21. The number of anilines is 2. The Bertz CT molecular complexity index is 987. The normalized spacial score (nSPS) is 18.2. The number of nitrogens with two attached hydrogens (primary N) is 1. The molecule has 2 N–H and O–H groups in total. The lowest BCUT2D eigenvalue weighted by atomic mass is 9.89. The van der Waals surface area contributed by atoms with Crippen molar-refractivity contribution >= 4 is 40.6 Å². The number of amides is 2. The van der Waals surface area contributed by atoms with Gasteiger partial charge in [-0.1, -0.05) is 36.7 Å². The number of rotatable bonds is 5. The van der Waals surface area contributed by atoms with Crippen molar-refractivity contribution in [3.05, 3.63) is 71.4 Å². The van der Waals surface area contributed by atoms with Crippen molar-refractivity contribution in [1.29, 1.82) is 0 Å². The van der Waals surface area contributed by atoms with Crippen LogP contribution in [0.5, 0.6) is 0 Å². The van der Waals surface area contributed by atoms with Crippen molar-refractivity contribution in [3.63, 3.8) is 0 Å². The highest BCUT2D eigenvalue weighted by molar-refractivity contribution is 6.45. The Labute approximate surface area is 180 Å². The van der Waals surface area contributed by atoms with Gasteiger partial charge in [0.05, 0.1) is 6.04 Å². The zero-order valence-electron chi connectivity index (χ0n) is 16.9. The zero-order chi connectivity index (χ0) is 21.8. The molecular weight excluding hydrogens is 402 g/mol. The largest absolute Gasteiger partial charge is 0.404 e. The molecule has 0 saturated heterocycles. The molecule has 0 bridgehead atoms. The second-order valence-corrected chi connectivity index (χ2v) is 7.59. The molecule has 0 aliphatic carbocycles. The number of ketones is 1. The number of fused-ring (bicyclic) bond motifs is 1. The van der Waals surface area contributed by atoms with E-state index in [4.69, 9.17) is 17.3 Å². The third-order valence-electron chi connectivity index (χ3n) is 5.23. The molecule has 2 aromatic rings. The summed E-state index contributed by atoms with van der Waals surface area (Å²) in [4.78, 5) is 41.2. The fourth-order valence-electron chi connectivity index (χ4n) is 3.88. The van der Waals surface area contributed by atoms with Gasteiger partial charge in [0.15, 0.2) is 0 Å². The van der Waals surface area contributed by atoms with E-state index in [1.54, 1.807) is 23.1 Å². The molecule has 30 heavy (non-hydrogen) atoms. The van der Waals surface area contributed by atoms with Crippen LogP contribution in [0.2, 0.25) is 5.02 Å². The molecule has 0 aromatic heterocycles. The van der Waals surface area contributed by atoms with E-state index in [2.05, 4.69) is 0 Å². The van der Waals surface area contributed by atoms with Gasteiger partial charge in [0.25, 0.3) is 5.91 Å². The van der Waals surface area contributed by atoms with Gasteiger partial charge in [0.1, 0.15) is 0 Å². The van der Waals surface area contributed by atoms with E-state index in [-0.39, 0.29) is 18.0 Å². The van der Waals surface area contributed by atoms with E-state index >= 15 is 0 Å². The summed E-state index contributed by atoms with van der Waals surface area (Å²) < 4.78 is 0. The number of carbonyl (C=O) groups excluding carboxylic acids is 3. The summed E-state index contributed by atoms with van der Waals surface area (Å²) in [6, 6.07) is 13.9. The van der Waals surface area contributed by atoms with Crippen LogP contribution < -0.4 is 15.5 Å². The van der Waals surface area contributed by atoms with Crippen molar-refractivity contribution in [2.45, 2.75) is 38.8 Å². The highest BCUT2D eigenvalue weighted by Gasteiger charge is 2.39. The molecular formula is C23H24ClN3O3. The minimum absolute atomic E-state index is 0.0359. The van der Waals surface area contributed by atoms with Crippen LogP contribution in [0.25, 0.3) is 0 Å². The molecule has 1 aliphatic heterocycles. The molecule has 156 valence electrons. The number of hydrogen-bond donors (Lipinski definition) is 1. The van der Waals surface area contributed by atoms with Gasteiger partial charge in [-0.2, -0.15) is 0 Å². The lowest BCUT2D eigenvalue weighted by molar-refractivity contribution is -0.133. The van der Waals surface area contributed by atoms with Gasteiger partial charge >= 0.3 is 0 Å². The summed E-state index contributed by atoms with van der Waals surface area (Å²) in [6.07, 6.45) is 2.94. The van der Waals surface area contributed by atoms with Gasteiger partial charge in [-0.3, -0.25) is 14.4 Å². The van der Waals surface area contributed by atoms with Gasteiger partial charge < -0.3 is 15.5 Å². The van der Waals surface area contributed by atoms with Crippen LogP contribution in [0.3, 0.4) is 0 Å². The summed E-state index contributed by atoms with van der Waals surface area (Å²) in [7, 11) is 0. The molecule has 1 aliphatic rings. The number of halogens is 1. The van der Waals surface area contributed by atoms with Crippen LogP contribution in [0.15, 0.2) is 60.8 Å². The first kappa shape index (κ1) is 21.6. The van der Waals surface area contributed by atoms with Crippen LogP contribution in [0, 0.1) is 0 Å². The number of carbonyl (C=O) groups is 3. The Kier molecular flexibility index (Phi) is 6.57. The third-order valence-corrected chi connectivity index (χ3v) is 5.48. The van der Waals surface area contributed by atoms with E-state index in [0.717, 1.165) is 23.5 Å². The Balaban J connectivity index is 2.09. The lowest BCUT2D eigenvalue weighted by Crippen LogP contribution is -2.49. The number of benzene rings is 2. The van der Waals surface area contributed by atoms with Crippen LogP contribution in [0.4, 0.5) is 11.4 Å². The highest BCUT2D eigenvalue weighted by atomic mass is 35.5. The van der Waals surface area contributed by atoms with E-state index in [1.165, 1.54) is 4.90 Å². The first-order chi connectivity index (χ1) is 14.4. The predicted molar refractivity (Wildman–Crippen MR) is 118 cm³/mol. The van der Waals surface area contributed by atoms with Crippen molar-refractivity contribution < 1.29 is 14.4 Å². The minimum atomic E-state index is -0.684. The second-order valence-electron chi connectivity index (χ2n) is 7.15. The quantitative estimate of drug-likeness (QED) is 0.579. The van der Waals surface area contributed by atoms with Gasteiger partial charge in [-0.25, -0.2) is 0 Å². The standard InChI is InChI=1S/C23H24ClN3O3/c1-3-22(29)27(17-10-8-16(24)9-11-17)20-14-15(2)26(23(30)21(28)12-13-25)19-7-5-4-6-18(19)20/h4-13,15,20H,3,14,25H2,1-2H3/b13-12-. The summed E-state index contributed by atoms with van der Waals surface area (Å²) in [5.41, 5.74) is 7.45. The van der Waals surface area contributed by atoms with Crippen molar-refractivity contribution in [1.82, 2.24) is 0 Å².